The smallest absolute Gasteiger partial charge is 0.141 e. The Morgan fingerprint density at radius 2 is 2.33 bits per heavy atom. The molecule has 12 heavy (non-hydrogen) atoms. The molecule has 0 aliphatic carbocycles. The Kier molecular flexibility index (Phi) is 3.85. The molecule has 0 heterocycles. The van der Waals surface area contributed by atoms with Crippen molar-refractivity contribution in [2.45, 2.75) is 0 Å². The third-order valence-electron chi connectivity index (χ3n) is 1.16. The molecule has 0 radical (unpaired) electrons. The number of hydrogen-bond donors (Lipinski definition) is 0. The second kappa shape index (κ2) is 4.70. The van der Waals surface area contributed by atoms with Crippen LogP contribution in [0.2, 0.25) is 0 Å². The second-order valence-corrected chi connectivity index (χ2v) is 4.09. The summed E-state index contributed by atoms with van der Waals surface area (Å²) in [6.45, 7) is 3.41. The largest absolute Gasteiger partial charge is 0.456 e. The van der Waals surface area contributed by atoms with E-state index in [0.717, 1.165) is 13.8 Å². The maximum atomic E-state index is 5.23. The Balaban J connectivity index is 2.96. The minimum atomic E-state index is 0.807. The minimum absolute atomic E-state index is 0.807. The third-order valence-corrected chi connectivity index (χ3v) is 2.55. The van der Waals surface area contributed by atoms with Gasteiger partial charge in [0.25, 0.3) is 0 Å². The topological polar surface area (TPSA) is 9.23 Å². The van der Waals surface area contributed by atoms with Crippen LogP contribution in [0.4, 0.5) is 0 Å². The first-order valence-electron chi connectivity index (χ1n) is 3.20. The lowest BCUT2D eigenvalue weighted by Crippen LogP contribution is -1.84. The summed E-state index contributed by atoms with van der Waals surface area (Å²) in [5, 5.41) is 0. The summed E-state index contributed by atoms with van der Waals surface area (Å²) in [4.78, 5) is 0. The van der Waals surface area contributed by atoms with Crippen LogP contribution >= 0.6 is 38.5 Å². The van der Waals surface area contributed by atoms with Gasteiger partial charge in [-0.3, -0.25) is 0 Å². The van der Waals surface area contributed by atoms with Crippen molar-refractivity contribution >= 4 is 38.5 Å². The molecule has 0 fully saturated rings. The van der Waals surface area contributed by atoms with Crippen molar-refractivity contribution in [2.24, 2.45) is 0 Å². The van der Waals surface area contributed by atoms with Gasteiger partial charge in [-0.25, -0.2) is 0 Å². The lowest BCUT2D eigenvalue weighted by atomic mass is 10.3. The molecule has 0 saturated heterocycles. The van der Waals surface area contributed by atoms with Crippen molar-refractivity contribution in [3.63, 3.8) is 0 Å². The maximum Gasteiger partial charge on any atom is 0.141 e. The fourth-order valence-corrected chi connectivity index (χ4v) is 1.48. The lowest BCUT2D eigenvalue weighted by molar-refractivity contribution is 0.479. The van der Waals surface area contributed by atoms with E-state index in [-0.39, 0.29) is 0 Å². The number of ether oxygens (including phenoxy) is 1. The molecule has 0 amide bonds. The molecule has 0 aromatic heterocycles. The highest BCUT2D eigenvalue weighted by atomic mass is 127. The molecule has 62 valence electrons. The molecule has 0 unspecified atom stereocenters. The lowest BCUT2D eigenvalue weighted by Gasteiger charge is -2.01. The molecule has 0 saturated carbocycles. The van der Waals surface area contributed by atoms with Crippen molar-refractivity contribution in [3.8, 4) is 5.75 Å². The molecular formula is C9H6BrIO. The molecule has 1 rings (SSSR count). The van der Waals surface area contributed by atoms with Crippen molar-refractivity contribution in [2.75, 3.05) is 0 Å². The van der Waals surface area contributed by atoms with Crippen LogP contribution in [0.3, 0.4) is 0 Å². The molecule has 0 atom stereocenters. The van der Waals surface area contributed by atoms with Crippen LogP contribution in [0.25, 0.3) is 0 Å². The molecule has 1 nitrogen and oxygen atoms in total. The van der Waals surface area contributed by atoms with E-state index < -0.39 is 0 Å². The van der Waals surface area contributed by atoms with E-state index in [4.69, 9.17) is 4.74 Å². The van der Waals surface area contributed by atoms with Crippen LogP contribution in [0.15, 0.2) is 41.2 Å². The van der Waals surface area contributed by atoms with Gasteiger partial charge in [0.15, 0.2) is 0 Å². The maximum absolute atomic E-state index is 5.23. The van der Waals surface area contributed by atoms with Crippen LogP contribution in [-0.2, 0) is 0 Å². The van der Waals surface area contributed by atoms with Gasteiger partial charge in [0, 0.05) is 4.47 Å². The average molecular weight is 337 g/mol. The summed E-state index contributed by atoms with van der Waals surface area (Å²) in [5.74, 6) is 0.807. The van der Waals surface area contributed by atoms with Crippen LogP contribution in [-0.4, -0.2) is 0 Å². The highest BCUT2D eigenvalue weighted by molar-refractivity contribution is 14.1. The average Bonchev–Trinajstić information content (AvgIpc) is 2.07. The van der Waals surface area contributed by atoms with Crippen LogP contribution in [0.1, 0.15) is 0 Å². The van der Waals surface area contributed by atoms with Gasteiger partial charge < -0.3 is 4.74 Å². The summed E-state index contributed by atoms with van der Waals surface area (Å²) in [7, 11) is 0. The molecular weight excluding hydrogens is 331 g/mol. The summed E-state index contributed by atoms with van der Waals surface area (Å²) < 4.78 is 7.28. The zero-order valence-corrected chi connectivity index (χ0v) is 9.92. The molecule has 1 aromatic rings. The van der Waals surface area contributed by atoms with E-state index in [2.05, 4.69) is 50.8 Å². The van der Waals surface area contributed by atoms with Crippen molar-refractivity contribution in [3.05, 3.63) is 44.8 Å². The van der Waals surface area contributed by atoms with Gasteiger partial charge in [0.05, 0.1) is 3.57 Å². The van der Waals surface area contributed by atoms with Gasteiger partial charge in [0.1, 0.15) is 12.0 Å². The zero-order chi connectivity index (χ0) is 8.97. The van der Waals surface area contributed by atoms with Gasteiger partial charge >= 0.3 is 0 Å². The predicted molar refractivity (Wildman–Crippen MR) is 61.2 cm³/mol. The van der Waals surface area contributed by atoms with Crippen LogP contribution in [0, 0.1) is 3.57 Å². The van der Waals surface area contributed by atoms with Gasteiger partial charge in [-0.2, -0.15) is 0 Å². The molecule has 0 spiro atoms. The van der Waals surface area contributed by atoms with Gasteiger partial charge in [-0.1, -0.05) is 28.2 Å². The third kappa shape index (κ3) is 2.66. The van der Waals surface area contributed by atoms with E-state index in [1.165, 1.54) is 6.26 Å². The zero-order valence-electron chi connectivity index (χ0n) is 6.18. The van der Waals surface area contributed by atoms with Gasteiger partial charge in [0.2, 0.25) is 0 Å². The Morgan fingerprint density at radius 1 is 1.58 bits per heavy atom. The minimum Gasteiger partial charge on any atom is -0.456 e. The summed E-state index contributed by atoms with van der Waals surface area (Å²) in [6, 6.07) is 5.83. The fraction of sp³-hybridized carbons (Fsp3) is 0. The highest BCUT2D eigenvalue weighted by Gasteiger charge is 1.98. The summed E-state index contributed by atoms with van der Waals surface area (Å²) in [5.41, 5.74) is 2.55. The Hall–Kier alpha value is -0.250. The molecule has 0 N–H and O–H groups in total. The van der Waals surface area contributed by atoms with Crippen molar-refractivity contribution in [1.29, 1.82) is 0 Å². The van der Waals surface area contributed by atoms with Crippen LogP contribution in [0.5, 0.6) is 5.75 Å². The normalized spacial score (nSPS) is 8.83. The summed E-state index contributed by atoms with van der Waals surface area (Å²) >= 11 is 5.56. The first-order valence-corrected chi connectivity index (χ1v) is 5.07. The standard InChI is InChI=1S/C9H6BrIO/c1-2-5-12-9-6-7(10)3-4-8(9)11/h3-6H,1H2. The van der Waals surface area contributed by atoms with Crippen molar-refractivity contribution in [1.82, 2.24) is 0 Å². The van der Waals surface area contributed by atoms with E-state index in [0.29, 0.717) is 0 Å². The molecule has 3 heteroatoms. The fourth-order valence-electron chi connectivity index (χ4n) is 0.673. The predicted octanol–water partition coefficient (Wildman–Crippen LogP) is 3.73. The van der Waals surface area contributed by atoms with E-state index in [1.807, 2.05) is 18.2 Å². The quantitative estimate of drug-likeness (QED) is 0.454. The van der Waals surface area contributed by atoms with Gasteiger partial charge in [-0.05, 0) is 40.8 Å². The molecule has 0 aliphatic rings. The first-order chi connectivity index (χ1) is 5.74. The molecule has 1 aromatic carbocycles. The number of benzene rings is 1. The van der Waals surface area contributed by atoms with E-state index >= 15 is 0 Å². The number of rotatable bonds is 2. The number of hydrogen-bond acceptors (Lipinski definition) is 1. The SMILES string of the molecule is C=C=COc1cc(Br)ccc1I. The van der Waals surface area contributed by atoms with E-state index in [1.54, 1.807) is 0 Å². The Labute approximate surface area is 93.4 Å². The molecule has 0 bridgehead atoms. The van der Waals surface area contributed by atoms with Crippen molar-refractivity contribution < 1.29 is 4.74 Å². The first kappa shape index (κ1) is 9.84. The van der Waals surface area contributed by atoms with Gasteiger partial charge in [-0.15, -0.1) is 0 Å². The van der Waals surface area contributed by atoms with E-state index in [9.17, 15) is 0 Å². The monoisotopic (exact) mass is 336 g/mol. The molecule has 0 aliphatic heterocycles. The highest BCUT2D eigenvalue weighted by Crippen LogP contribution is 2.24. The Morgan fingerprint density at radius 3 is 3.00 bits per heavy atom. The number of halogens is 2. The summed E-state index contributed by atoms with van der Waals surface area (Å²) in [6.07, 6.45) is 1.43. The second-order valence-electron chi connectivity index (χ2n) is 2.01. The Bertz CT molecular complexity index is 329. The van der Waals surface area contributed by atoms with Crippen LogP contribution < -0.4 is 4.74 Å².